The zero-order valence-electron chi connectivity index (χ0n) is 51.2. The zero-order chi connectivity index (χ0) is 56.4. The van der Waals surface area contributed by atoms with Gasteiger partial charge >= 0.3 is 17.9 Å². The number of rotatable bonds is 59. The minimum absolute atomic E-state index is 0.0794. The lowest BCUT2D eigenvalue weighted by atomic mass is 10.0. The van der Waals surface area contributed by atoms with Crippen LogP contribution in [0.15, 0.2) is 109 Å². The number of unbranched alkanes of at least 4 members (excludes halogenated alkanes) is 30. The molecule has 0 aromatic rings. The van der Waals surface area contributed by atoms with Crippen molar-refractivity contribution in [2.75, 3.05) is 13.2 Å². The molecule has 1 atom stereocenters. The standard InChI is InChI=1S/C72H122O6/c1-4-7-10-13-16-19-21-23-25-27-29-30-31-32-33-34-35-36-37-38-39-40-41-42-43-45-46-48-50-53-56-59-62-65-71(74)77-68-69(67-76-70(73)64-61-58-55-52-18-15-12-9-6-3)78-72(75)66-63-60-57-54-51-49-47-44-28-26-24-22-20-17-14-11-8-5-2/h7,10,16,19-20,22-23,25-26,28-30,32-33,35-36,38-39,69H,4-6,8-9,11-15,17-18,21,24,27,31,34,37,40-68H2,1-3H3/b10-7-,19-16-,22-20-,25-23-,28-26-,30-29-,33-32-,36-35-,39-38-. The lowest BCUT2D eigenvalue weighted by molar-refractivity contribution is -0.167. The predicted molar refractivity (Wildman–Crippen MR) is 339 cm³/mol. The van der Waals surface area contributed by atoms with E-state index in [4.69, 9.17) is 14.2 Å². The molecule has 0 saturated heterocycles. The lowest BCUT2D eigenvalue weighted by Gasteiger charge is -2.18. The van der Waals surface area contributed by atoms with Crippen molar-refractivity contribution >= 4 is 17.9 Å². The Hall–Kier alpha value is -3.93. The van der Waals surface area contributed by atoms with E-state index >= 15 is 0 Å². The summed E-state index contributed by atoms with van der Waals surface area (Å²) in [6.45, 7) is 6.50. The maximum absolute atomic E-state index is 12.9. The molecule has 0 saturated carbocycles. The minimum atomic E-state index is -0.782. The Morgan fingerprint density at radius 2 is 0.500 bits per heavy atom. The predicted octanol–water partition coefficient (Wildman–Crippen LogP) is 22.6. The fourth-order valence-corrected chi connectivity index (χ4v) is 9.10. The third-order valence-corrected chi connectivity index (χ3v) is 14.0. The van der Waals surface area contributed by atoms with Crippen LogP contribution in [0, 0.1) is 0 Å². The van der Waals surface area contributed by atoms with E-state index in [1.165, 1.54) is 154 Å². The van der Waals surface area contributed by atoms with Crippen LogP contribution in [-0.4, -0.2) is 37.2 Å². The fourth-order valence-electron chi connectivity index (χ4n) is 9.10. The average Bonchev–Trinajstić information content (AvgIpc) is 3.44. The second-order valence-corrected chi connectivity index (χ2v) is 21.6. The van der Waals surface area contributed by atoms with Crippen LogP contribution in [0.25, 0.3) is 0 Å². The first-order valence-electron chi connectivity index (χ1n) is 32.9. The van der Waals surface area contributed by atoms with Gasteiger partial charge in [-0.3, -0.25) is 14.4 Å². The number of hydrogen-bond acceptors (Lipinski definition) is 6. The van der Waals surface area contributed by atoms with E-state index in [9.17, 15) is 14.4 Å². The smallest absolute Gasteiger partial charge is 0.306 e. The summed E-state index contributed by atoms with van der Waals surface area (Å²) in [6.07, 6.45) is 89.7. The number of allylic oxidation sites excluding steroid dienone is 18. The van der Waals surface area contributed by atoms with E-state index in [1.807, 2.05) is 0 Å². The van der Waals surface area contributed by atoms with Crippen molar-refractivity contribution in [3.05, 3.63) is 109 Å². The highest BCUT2D eigenvalue weighted by Gasteiger charge is 2.19. The van der Waals surface area contributed by atoms with E-state index in [0.29, 0.717) is 19.3 Å². The largest absolute Gasteiger partial charge is 0.462 e. The van der Waals surface area contributed by atoms with Gasteiger partial charge in [-0.05, 0) is 109 Å². The molecule has 0 radical (unpaired) electrons. The van der Waals surface area contributed by atoms with Crippen LogP contribution in [0.5, 0.6) is 0 Å². The molecule has 0 aromatic carbocycles. The molecule has 0 aliphatic carbocycles. The van der Waals surface area contributed by atoms with Crippen molar-refractivity contribution in [3.8, 4) is 0 Å². The molecular weight excluding hydrogens is 961 g/mol. The molecule has 0 rings (SSSR count). The summed E-state index contributed by atoms with van der Waals surface area (Å²) in [6, 6.07) is 0. The van der Waals surface area contributed by atoms with Crippen LogP contribution in [0.2, 0.25) is 0 Å². The molecule has 0 bridgehead atoms. The van der Waals surface area contributed by atoms with Gasteiger partial charge in [-0.1, -0.05) is 291 Å². The summed E-state index contributed by atoms with van der Waals surface area (Å²) in [5.74, 6) is -0.885. The van der Waals surface area contributed by atoms with Gasteiger partial charge in [-0.2, -0.15) is 0 Å². The Bertz CT molecular complexity index is 1570. The van der Waals surface area contributed by atoms with Crippen LogP contribution in [0.1, 0.15) is 310 Å². The molecule has 0 spiro atoms. The third-order valence-electron chi connectivity index (χ3n) is 14.0. The van der Waals surface area contributed by atoms with Crippen LogP contribution < -0.4 is 0 Å². The van der Waals surface area contributed by atoms with Gasteiger partial charge in [0.05, 0.1) is 0 Å². The fraction of sp³-hybridized carbons (Fsp3) is 0.708. The summed E-state index contributed by atoms with van der Waals surface area (Å²) >= 11 is 0. The molecule has 78 heavy (non-hydrogen) atoms. The monoisotopic (exact) mass is 1080 g/mol. The first-order chi connectivity index (χ1) is 38.5. The first kappa shape index (κ1) is 74.1. The highest BCUT2D eigenvalue weighted by molar-refractivity contribution is 5.71. The van der Waals surface area contributed by atoms with Crippen LogP contribution >= 0.6 is 0 Å². The van der Waals surface area contributed by atoms with Crippen molar-refractivity contribution in [2.24, 2.45) is 0 Å². The van der Waals surface area contributed by atoms with Crippen molar-refractivity contribution in [1.82, 2.24) is 0 Å². The summed E-state index contributed by atoms with van der Waals surface area (Å²) in [5.41, 5.74) is 0. The molecule has 446 valence electrons. The SMILES string of the molecule is CC/C=C\C/C=C\C/C=C\C/C=C\C/C=C\C/C=C\C/C=C\CCCCCCCCCCCCCC(=O)OCC(COC(=O)CCCCCCCCCCC)OC(=O)CCCCCCCCC/C=C\C/C=C\CCCCCC. The number of esters is 3. The second kappa shape index (κ2) is 65.6. The van der Waals surface area contributed by atoms with Crippen LogP contribution in [0.4, 0.5) is 0 Å². The number of carbonyl (C=O) groups excluding carboxylic acids is 3. The van der Waals surface area contributed by atoms with Crippen molar-refractivity contribution in [3.63, 3.8) is 0 Å². The van der Waals surface area contributed by atoms with Gasteiger partial charge in [-0.25, -0.2) is 0 Å². The Kier molecular flexibility index (Phi) is 62.3. The molecule has 6 heteroatoms. The van der Waals surface area contributed by atoms with Gasteiger partial charge in [0.15, 0.2) is 6.10 Å². The van der Waals surface area contributed by atoms with Gasteiger partial charge in [0.1, 0.15) is 13.2 Å². The Balaban J connectivity index is 4.17. The topological polar surface area (TPSA) is 78.9 Å². The zero-order valence-corrected chi connectivity index (χ0v) is 51.2. The Morgan fingerprint density at radius 1 is 0.269 bits per heavy atom. The van der Waals surface area contributed by atoms with E-state index in [1.54, 1.807) is 0 Å². The van der Waals surface area contributed by atoms with E-state index in [-0.39, 0.29) is 31.1 Å². The third kappa shape index (κ3) is 62.9. The Labute approximate surface area is 482 Å². The number of ether oxygens (including phenoxy) is 3. The van der Waals surface area contributed by atoms with E-state index in [2.05, 4.69) is 130 Å². The second-order valence-electron chi connectivity index (χ2n) is 21.6. The van der Waals surface area contributed by atoms with Gasteiger partial charge < -0.3 is 14.2 Å². The van der Waals surface area contributed by atoms with Crippen molar-refractivity contribution in [2.45, 2.75) is 316 Å². The van der Waals surface area contributed by atoms with Gasteiger partial charge in [0, 0.05) is 19.3 Å². The van der Waals surface area contributed by atoms with E-state index < -0.39 is 6.10 Å². The van der Waals surface area contributed by atoms with Crippen molar-refractivity contribution in [1.29, 1.82) is 0 Å². The minimum Gasteiger partial charge on any atom is -0.462 e. The molecule has 0 heterocycles. The molecule has 0 fully saturated rings. The molecular formula is C72H122O6. The first-order valence-corrected chi connectivity index (χ1v) is 32.9. The van der Waals surface area contributed by atoms with E-state index in [0.717, 1.165) is 116 Å². The molecule has 0 aliphatic rings. The molecule has 1 unspecified atom stereocenters. The quantitative estimate of drug-likeness (QED) is 0.0261. The maximum atomic E-state index is 12.9. The summed E-state index contributed by atoms with van der Waals surface area (Å²) in [5, 5.41) is 0. The number of hydrogen-bond donors (Lipinski definition) is 0. The highest BCUT2D eigenvalue weighted by Crippen LogP contribution is 2.16. The van der Waals surface area contributed by atoms with Crippen LogP contribution in [-0.2, 0) is 28.6 Å². The molecule has 0 aromatic heterocycles. The van der Waals surface area contributed by atoms with Gasteiger partial charge in [-0.15, -0.1) is 0 Å². The van der Waals surface area contributed by atoms with Gasteiger partial charge in [0.2, 0.25) is 0 Å². The highest BCUT2D eigenvalue weighted by atomic mass is 16.6. The van der Waals surface area contributed by atoms with Crippen molar-refractivity contribution < 1.29 is 28.6 Å². The van der Waals surface area contributed by atoms with Crippen LogP contribution in [0.3, 0.4) is 0 Å². The molecule has 0 amide bonds. The molecule has 6 nitrogen and oxygen atoms in total. The summed E-state index contributed by atoms with van der Waals surface area (Å²) in [7, 11) is 0. The molecule has 0 N–H and O–H groups in total. The molecule has 0 aliphatic heterocycles. The lowest BCUT2D eigenvalue weighted by Crippen LogP contribution is -2.30. The summed E-state index contributed by atoms with van der Waals surface area (Å²) in [4.78, 5) is 38.2. The number of carbonyl (C=O) groups is 3. The maximum Gasteiger partial charge on any atom is 0.306 e. The summed E-state index contributed by atoms with van der Waals surface area (Å²) < 4.78 is 16.9. The Morgan fingerprint density at radius 3 is 0.795 bits per heavy atom. The normalized spacial score (nSPS) is 12.8. The average molecular weight is 1080 g/mol. The van der Waals surface area contributed by atoms with Gasteiger partial charge in [0.25, 0.3) is 0 Å².